The minimum absolute atomic E-state index is 0.137. The smallest absolute Gasteiger partial charge is 0.286 e. The van der Waals surface area contributed by atoms with Gasteiger partial charge in [0.25, 0.3) is 23.4 Å². The summed E-state index contributed by atoms with van der Waals surface area (Å²) in [6.45, 7) is 9.89. The molecular weight excluding hydrogens is 654 g/mol. The van der Waals surface area contributed by atoms with Crippen LogP contribution in [0.5, 0.6) is 11.5 Å². The van der Waals surface area contributed by atoms with E-state index in [4.69, 9.17) is 9.47 Å². The number of ether oxygens (including phenoxy) is 2. The van der Waals surface area contributed by atoms with Crippen molar-refractivity contribution in [1.82, 2.24) is 19.6 Å². The number of nitro groups is 1. The summed E-state index contributed by atoms with van der Waals surface area (Å²) in [5.41, 5.74) is 0.599. The Morgan fingerprint density at radius 3 is 2.10 bits per heavy atom. The van der Waals surface area contributed by atoms with Gasteiger partial charge < -0.3 is 24.1 Å². The number of hydrogen-bond donors (Lipinski definition) is 0. The lowest BCUT2D eigenvalue weighted by molar-refractivity contribution is -0.385. The van der Waals surface area contributed by atoms with E-state index < -0.39 is 22.6 Å². The highest BCUT2D eigenvalue weighted by molar-refractivity contribution is 6.25. The molecule has 3 amide bonds. The first-order chi connectivity index (χ1) is 24.7. The predicted octanol–water partition coefficient (Wildman–Crippen LogP) is 5.05. The molecule has 0 spiro atoms. The first kappa shape index (κ1) is 37.4. The van der Waals surface area contributed by atoms with Gasteiger partial charge in [0.1, 0.15) is 11.8 Å². The lowest BCUT2D eigenvalue weighted by Crippen LogP contribution is -2.50. The van der Waals surface area contributed by atoms with E-state index in [-0.39, 0.29) is 35.5 Å². The molecule has 0 unspecified atom stereocenters. The summed E-state index contributed by atoms with van der Waals surface area (Å²) in [5, 5.41) is 13.5. The van der Waals surface area contributed by atoms with Crippen molar-refractivity contribution in [3.63, 3.8) is 0 Å². The molecule has 1 atom stereocenters. The number of benzene rings is 3. The van der Waals surface area contributed by atoms with E-state index >= 15 is 0 Å². The molecule has 3 heterocycles. The minimum Gasteiger partial charge on any atom is -0.493 e. The van der Waals surface area contributed by atoms with Crippen LogP contribution in [0.25, 0.3) is 10.8 Å². The third kappa shape index (κ3) is 8.37. The summed E-state index contributed by atoms with van der Waals surface area (Å²) in [6.07, 6.45) is 5.19. The molecule has 13 nitrogen and oxygen atoms in total. The second-order valence-corrected chi connectivity index (χ2v) is 13.0. The van der Waals surface area contributed by atoms with Crippen LogP contribution in [0.2, 0.25) is 0 Å². The normalized spacial score (nSPS) is 17.7. The summed E-state index contributed by atoms with van der Waals surface area (Å²) in [6, 6.07) is 13.0. The zero-order chi connectivity index (χ0) is 36.5. The Morgan fingerprint density at radius 2 is 1.53 bits per heavy atom. The van der Waals surface area contributed by atoms with Crippen LogP contribution in [-0.2, 0) is 4.79 Å². The van der Waals surface area contributed by atoms with Gasteiger partial charge in [-0.3, -0.25) is 34.3 Å². The SMILES string of the molecule is CCCC.COc1cc(C(=O)N2CCC[C@H]2C=O)c([N+](=O)[O-])cc1OCCCN1CCN(CCN2C(=O)c3cccc4cccc(c34)C2=O)CC1. The lowest BCUT2D eigenvalue weighted by Gasteiger charge is -2.36. The largest absolute Gasteiger partial charge is 0.493 e. The van der Waals surface area contributed by atoms with E-state index in [0.29, 0.717) is 56.3 Å². The molecule has 3 aromatic rings. The fraction of sp³-hybridized carbons (Fsp3) is 0.474. The first-order valence-corrected chi connectivity index (χ1v) is 17.8. The minimum atomic E-state index is -0.624. The lowest BCUT2D eigenvalue weighted by atomic mass is 9.94. The number of carbonyl (C=O) groups is 4. The third-order valence-corrected chi connectivity index (χ3v) is 9.76. The van der Waals surface area contributed by atoms with Gasteiger partial charge in [0.2, 0.25) is 0 Å². The van der Waals surface area contributed by atoms with Crippen LogP contribution in [0.3, 0.4) is 0 Å². The van der Waals surface area contributed by atoms with Crippen molar-refractivity contribution in [2.45, 2.75) is 52.0 Å². The molecular formula is C38H47N5O8. The van der Waals surface area contributed by atoms with Gasteiger partial charge in [-0.05, 0) is 36.8 Å². The molecule has 2 fully saturated rings. The van der Waals surface area contributed by atoms with Crippen molar-refractivity contribution in [2.24, 2.45) is 0 Å². The number of unbranched alkanes of at least 4 members (excludes halogenated alkanes) is 1. The van der Waals surface area contributed by atoms with Crippen molar-refractivity contribution in [2.75, 3.05) is 66.1 Å². The highest BCUT2D eigenvalue weighted by Crippen LogP contribution is 2.36. The van der Waals surface area contributed by atoms with E-state index in [1.807, 2.05) is 24.3 Å². The topological polar surface area (TPSA) is 143 Å². The second-order valence-electron chi connectivity index (χ2n) is 13.0. The number of amides is 3. The predicted molar refractivity (Wildman–Crippen MR) is 193 cm³/mol. The molecule has 0 bridgehead atoms. The van der Waals surface area contributed by atoms with Crippen molar-refractivity contribution >= 4 is 40.5 Å². The average Bonchev–Trinajstić information content (AvgIpc) is 3.64. The number of piperazine rings is 1. The second kappa shape index (κ2) is 17.4. The molecule has 3 aliphatic rings. The first-order valence-electron chi connectivity index (χ1n) is 17.8. The van der Waals surface area contributed by atoms with E-state index in [9.17, 15) is 29.3 Å². The Hall–Kier alpha value is -4.88. The molecule has 0 radical (unpaired) electrons. The van der Waals surface area contributed by atoms with Crippen LogP contribution in [0, 0.1) is 10.1 Å². The van der Waals surface area contributed by atoms with Gasteiger partial charge in [-0.25, -0.2) is 0 Å². The molecule has 0 aromatic heterocycles. The van der Waals surface area contributed by atoms with Gasteiger partial charge in [-0.15, -0.1) is 0 Å². The monoisotopic (exact) mass is 701 g/mol. The van der Waals surface area contributed by atoms with Gasteiger partial charge in [0.15, 0.2) is 11.5 Å². The zero-order valence-electron chi connectivity index (χ0n) is 29.7. The average molecular weight is 702 g/mol. The number of nitrogens with zero attached hydrogens (tertiary/aromatic N) is 5. The number of rotatable bonds is 13. The van der Waals surface area contributed by atoms with Gasteiger partial charge in [0.05, 0.1) is 30.7 Å². The number of methoxy groups -OCH3 is 1. The van der Waals surface area contributed by atoms with E-state index in [2.05, 4.69) is 23.6 Å². The fourth-order valence-corrected chi connectivity index (χ4v) is 6.72. The van der Waals surface area contributed by atoms with E-state index in [1.165, 1.54) is 41.9 Å². The summed E-state index contributed by atoms with van der Waals surface area (Å²) in [7, 11) is 1.40. The number of likely N-dealkylation sites (tertiary alicyclic amines) is 1. The molecule has 0 N–H and O–H groups in total. The fourth-order valence-electron chi connectivity index (χ4n) is 6.72. The quantitative estimate of drug-likeness (QED) is 0.0781. The maximum absolute atomic E-state index is 13.2. The number of hydrogen-bond acceptors (Lipinski definition) is 10. The van der Waals surface area contributed by atoms with Crippen molar-refractivity contribution < 1.29 is 33.6 Å². The van der Waals surface area contributed by atoms with Crippen LogP contribution >= 0.6 is 0 Å². The van der Waals surface area contributed by atoms with Crippen LogP contribution in [-0.4, -0.2) is 121 Å². The molecule has 13 heteroatoms. The summed E-state index contributed by atoms with van der Waals surface area (Å²) < 4.78 is 11.3. The Bertz CT molecular complexity index is 1700. The van der Waals surface area contributed by atoms with E-state index in [1.54, 1.807) is 12.1 Å². The maximum Gasteiger partial charge on any atom is 0.286 e. The summed E-state index contributed by atoms with van der Waals surface area (Å²) >= 11 is 0. The van der Waals surface area contributed by atoms with Gasteiger partial charge in [-0.1, -0.05) is 51.0 Å². The van der Waals surface area contributed by atoms with Crippen LogP contribution in [0.4, 0.5) is 5.69 Å². The Labute approximate surface area is 298 Å². The van der Waals surface area contributed by atoms with Crippen molar-refractivity contribution in [3.05, 3.63) is 75.3 Å². The summed E-state index contributed by atoms with van der Waals surface area (Å²) in [5.74, 6) is -0.694. The van der Waals surface area contributed by atoms with Crippen molar-refractivity contribution in [3.8, 4) is 11.5 Å². The van der Waals surface area contributed by atoms with Crippen LogP contribution < -0.4 is 9.47 Å². The molecule has 3 aromatic carbocycles. The zero-order valence-corrected chi connectivity index (χ0v) is 29.7. The third-order valence-electron chi connectivity index (χ3n) is 9.76. The summed E-state index contributed by atoms with van der Waals surface area (Å²) in [4.78, 5) is 69.5. The van der Waals surface area contributed by atoms with Crippen LogP contribution in [0.1, 0.15) is 77.0 Å². The Morgan fingerprint density at radius 1 is 0.902 bits per heavy atom. The molecule has 2 saturated heterocycles. The van der Waals surface area contributed by atoms with Gasteiger partial charge >= 0.3 is 0 Å². The number of aldehydes is 1. The highest BCUT2D eigenvalue weighted by Gasteiger charge is 2.35. The molecule has 51 heavy (non-hydrogen) atoms. The number of carbonyl (C=O) groups excluding carboxylic acids is 4. The maximum atomic E-state index is 13.2. The Kier molecular flexibility index (Phi) is 12.7. The molecule has 0 aliphatic carbocycles. The Balaban J connectivity index is 0.00000120. The van der Waals surface area contributed by atoms with Crippen LogP contribution in [0.15, 0.2) is 48.5 Å². The number of nitro benzene ring substituents is 1. The van der Waals surface area contributed by atoms with Gasteiger partial charge in [-0.2, -0.15) is 0 Å². The molecule has 272 valence electrons. The highest BCUT2D eigenvalue weighted by atomic mass is 16.6. The molecule has 0 saturated carbocycles. The van der Waals surface area contributed by atoms with Gasteiger partial charge in [0, 0.05) is 74.9 Å². The standard InChI is InChI=1S/C34H37N5O8.C4H10/c1-46-29-20-27(34(43)37-12-4-8-24(37)22-40)28(39(44)45)21-30(29)47-19-5-11-35-13-15-36(16-14-35)17-18-38-32(41)25-9-2-6-23-7-3-10-26(31(23)25)33(38)42;1-3-4-2/h2-3,6-7,9-10,20-22,24H,4-5,8,11-19H2,1H3;3-4H2,1-2H3/t24-;/m0./s1. The molecule has 3 aliphatic heterocycles. The van der Waals surface area contributed by atoms with E-state index in [0.717, 1.165) is 43.5 Å². The van der Waals surface area contributed by atoms with Crippen molar-refractivity contribution in [1.29, 1.82) is 0 Å². The number of imide groups is 1. The molecule has 6 rings (SSSR count).